The van der Waals surface area contributed by atoms with Crippen molar-refractivity contribution in [2.75, 3.05) is 13.7 Å². The second-order valence-electron chi connectivity index (χ2n) is 6.45. The summed E-state index contributed by atoms with van der Waals surface area (Å²) in [5, 5.41) is 4.00. The summed E-state index contributed by atoms with van der Waals surface area (Å²) in [6.45, 7) is 2.20. The van der Waals surface area contributed by atoms with E-state index < -0.39 is 5.97 Å². The van der Waals surface area contributed by atoms with Crippen LogP contribution in [0, 0.1) is 0 Å². The van der Waals surface area contributed by atoms with E-state index in [1.165, 1.54) is 6.21 Å². The van der Waals surface area contributed by atoms with Crippen LogP contribution in [0.25, 0.3) is 0 Å². The summed E-state index contributed by atoms with van der Waals surface area (Å²) >= 11 is 3.42. The van der Waals surface area contributed by atoms with Gasteiger partial charge >= 0.3 is 5.97 Å². The number of methoxy groups -OCH3 is 1. The predicted octanol–water partition coefficient (Wildman–Crippen LogP) is 4.84. The van der Waals surface area contributed by atoms with E-state index in [4.69, 9.17) is 14.2 Å². The van der Waals surface area contributed by atoms with Crippen molar-refractivity contribution in [2.24, 2.45) is 5.10 Å². The van der Waals surface area contributed by atoms with Crippen LogP contribution in [0.1, 0.15) is 33.2 Å². The number of amides is 1. The Balaban J connectivity index is 1.74. The molecule has 0 heterocycles. The molecule has 0 spiro atoms. The van der Waals surface area contributed by atoms with Gasteiger partial charge in [-0.1, -0.05) is 18.2 Å². The molecule has 0 bridgehead atoms. The summed E-state index contributed by atoms with van der Waals surface area (Å²) in [4.78, 5) is 24.7. The first-order valence-corrected chi connectivity index (χ1v) is 10.5. The van der Waals surface area contributed by atoms with Gasteiger partial charge < -0.3 is 14.2 Å². The summed E-state index contributed by atoms with van der Waals surface area (Å²) in [6, 6.07) is 18.7. The van der Waals surface area contributed by atoms with Gasteiger partial charge in [0.2, 0.25) is 0 Å². The van der Waals surface area contributed by atoms with E-state index >= 15 is 0 Å². The Morgan fingerprint density at radius 2 is 1.75 bits per heavy atom. The number of hydrogen-bond acceptors (Lipinski definition) is 6. The number of ether oxygens (including phenoxy) is 3. The van der Waals surface area contributed by atoms with Crippen LogP contribution in [0.5, 0.6) is 17.2 Å². The van der Waals surface area contributed by atoms with Gasteiger partial charge in [-0.3, -0.25) is 4.79 Å². The Kier molecular flexibility index (Phi) is 7.99. The highest BCUT2D eigenvalue weighted by molar-refractivity contribution is 9.10. The normalized spacial score (nSPS) is 10.6. The van der Waals surface area contributed by atoms with Crippen molar-refractivity contribution in [1.82, 2.24) is 5.43 Å². The van der Waals surface area contributed by atoms with E-state index in [2.05, 4.69) is 26.5 Å². The number of rotatable bonds is 8. The van der Waals surface area contributed by atoms with Crippen LogP contribution in [0.4, 0.5) is 0 Å². The van der Waals surface area contributed by atoms with Crippen molar-refractivity contribution >= 4 is 34.0 Å². The second-order valence-corrected chi connectivity index (χ2v) is 7.30. The first kappa shape index (κ1) is 23.0. The molecule has 1 amide bonds. The molecule has 8 heteroatoms. The number of halogens is 1. The maximum absolute atomic E-state index is 12.4. The lowest BCUT2D eigenvalue weighted by Crippen LogP contribution is -2.17. The van der Waals surface area contributed by atoms with Crippen LogP contribution in [0.3, 0.4) is 0 Å². The summed E-state index contributed by atoms with van der Waals surface area (Å²) < 4.78 is 16.8. The van der Waals surface area contributed by atoms with E-state index in [-0.39, 0.29) is 11.7 Å². The van der Waals surface area contributed by atoms with Crippen molar-refractivity contribution in [3.05, 3.63) is 87.9 Å². The van der Waals surface area contributed by atoms with E-state index in [1.807, 2.05) is 13.0 Å². The minimum Gasteiger partial charge on any atom is -0.497 e. The molecule has 3 aromatic carbocycles. The molecule has 32 heavy (non-hydrogen) atoms. The molecule has 0 saturated heterocycles. The Hall–Kier alpha value is -3.65. The van der Waals surface area contributed by atoms with E-state index in [0.29, 0.717) is 39.3 Å². The fraction of sp³-hybridized carbons (Fsp3) is 0.125. The molecule has 0 aliphatic heterocycles. The van der Waals surface area contributed by atoms with Gasteiger partial charge in [0.1, 0.15) is 5.75 Å². The summed E-state index contributed by atoms with van der Waals surface area (Å²) in [7, 11) is 1.56. The summed E-state index contributed by atoms with van der Waals surface area (Å²) in [5.41, 5.74) is 3.98. The molecule has 3 aromatic rings. The lowest BCUT2D eigenvalue weighted by atomic mass is 10.2. The van der Waals surface area contributed by atoms with Crippen LogP contribution in [-0.4, -0.2) is 31.8 Å². The van der Waals surface area contributed by atoms with Crippen molar-refractivity contribution in [3.8, 4) is 17.2 Å². The van der Waals surface area contributed by atoms with E-state index in [9.17, 15) is 9.59 Å². The number of hydrogen-bond donors (Lipinski definition) is 1. The lowest BCUT2D eigenvalue weighted by Gasteiger charge is -2.13. The second kappa shape index (κ2) is 11.1. The van der Waals surface area contributed by atoms with Gasteiger partial charge in [0.05, 0.1) is 30.0 Å². The zero-order chi connectivity index (χ0) is 22.9. The molecule has 1 N–H and O–H groups in total. The molecule has 3 rings (SSSR count). The van der Waals surface area contributed by atoms with Gasteiger partial charge in [-0.05, 0) is 76.9 Å². The molecule has 0 aliphatic rings. The average molecular weight is 497 g/mol. The Morgan fingerprint density at radius 3 is 2.41 bits per heavy atom. The topological polar surface area (TPSA) is 86.2 Å². The molecular formula is C24H21BrN2O5. The number of nitrogens with zero attached hydrogens (tertiary/aromatic N) is 1. The molecule has 0 saturated carbocycles. The SMILES string of the molecule is CCOc1cc(C=NNC(=O)c2ccc(OC)cc2)cc(Br)c1OC(=O)c1ccccc1. The number of carbonyl (C=O) groups excluding carboxylic acids is 2. The quantitative estimate of drug-likeness (QED) is 0.208. The fourth-order valence-electron chi connectivity index (χ4n) is 2.72. The van der Waals surface area contributed by atoms with Crippen molar-refractivity contribution in [3.63, 3.8) is 0 Å². The Bertz CT molecular complexity index is 1120. The molecule has 164 valence electrons. The molecule has 0 fully saturated rings. The summed E-state index contributed by atoms with van der Waals surface area (Å²) in [5.74, 6) is 0.433. The van der Waals surface area contributed by atoms with Gasteiger partial charge in [0.25, 0.3) is 5.91 Å². The van der Waals surface area contributed by atoms with E-state index in [0.717, 1.165) is 0 Å². The lowest BCUT2D eigenvalue weighted by molar-refractivity contribution is 0.0726. The highest BCUT2D eigenvalue weighted by atomic mass is 79.9. The third kappa shape index (κ3) is 5.95. The number of nitrogens with one attached hydrogen (secondary N) is 1. The van der Waals surface area contributed by atoms with Gasteiger partial charge in [0, 0.05) is 5.56 Å². The largest absolute Gasteiger partial charge is 0.497 e. The van der Waals surface area contributed by atoms with Gasteiger partial charge in [-0.2, -0.15) is 5.10 Å². The standard InChI is InChI=1S/C24H21BrN2O5/c1-3-31-21-14-16(15-26-27-23(28)17-9-11-19(30-2)12-10-17)13-20(25)22(21)32-24(29)18-7-5-4-6-8-18/h4-15H,3H2,1-2H3,(H,27,28). The predicted molar refractivity (Wildman–Crippen MR) is 125 cm³/mol. The molecule has 0 aromatic heterocycles. The van der Waals surface area contributed by atoms with Gasteiger partial charge in [0.15, 0.2) is 11.5 Å². The minimum absolute atomic E-state index is 0.264. The van der Waals surface area contributed by atoms with Crippen LogP contribution < -0.4 is 19.6 Å². The first-order valence-electron chi connectivity index (χ1n) is 9.72. The number of benzene rings is 3. The van der Waals surface area contributed by atoms with Crippen molar-refractivity contribution < 1.29 is 23.8 Å². The molecule has 0 aliphatic carbocycles. The van der Waals surface area contributed by atoms with Gasteiger partial charge in [-0.25, -0.2) is 10.2 Å². The van der Waals surface area contributed by atoms with Crippen molar-refractivity contribution in [2.45, 2.75) is 6.92 Å². The minimum atomic E-state index is -0.500. The van der Waals surface area contributed by atoms with Crippen molar-refractivity contribution in [1.29, 1.82) is 0 Å². The van der Waals surface area contributed by atoms with Crippen LogP contribution in [0.15, 0.2) is 76.3 Å². The third-order valence-corrected chi connectivity index (χ3v) is 4.86. The number of hydrazone groups is 1. The highest BCUT2D eigenvalue weighted by Crippen LogP contribution is 2.37. The zero-order valence-electron chi connectivity index (χ0n) is 17.5. The Morgan fingerprint density at radius 1 is 1.03 bits per heavy atom. The van der Waals surface area contributed by atoms with Crippen LogP contribution in [0.2, 0.25) is 0 Å². The Labute approximate surface area is 194 Å². The first-order chi connectivity index (χ1) is 15.5. The molecule has 0 atom stereocenters. The third-order valence-electron chi connectivity index (χ3n) is 4.27. The van der Waals surface area contributed by atoms with Gasteiger partial charge in [-0.15, -0.1) is 0 Å². The molecular weight excluding hydrogens is 476 g/mol. The smallest absolute Gasteiger partial charge is 0.343 e. The zero-order valence-corrected chi connectivity index (χ0v) is 19.1. The summed E-state index contributed by atoms with van der Waals surface area (Å²) in [6.07, 6.45) is 1.47. The monoisotopic (exact) mass is 496 g/mol. The fourth-order valence-corrected chi connectivity index (χ4v) is 3.26. The maximum atomic E-state index is 12.4. The molecule has 0 unspecified atom stereocenters. The number of esters is 1. The molecule has 0 radical (unpaired) electrons. The number of carbonyl (C=O) groups is 2. The van der Waals surface area contributed by atoms with Crippen LogP contribution in [-0.2, 0) is 0 Å². The van der Waals surface area contributed by atoms with E-state index in [1.54, 1.807) is 67.8 Å². The maximum Gasteiger partial charge on any atom is 0.343 e. The molecule has 7 nitrogen and oxygen atoms in total. The highest BCUT2D eigenvalue weighted by Gasteiger charge is 2.17. The van der Waals surface area contributed by atoms with Crippen LogP contribution >= 0.6 is 15.9 Å². The average Bonchev–Trinajstić information content (AvgIpc) is 2.82.